The molecule has 1 fully saturated rings. The van der Waals surface area contributed by atoms with E-state index >= 15 is 0 Å². The maximum atomic E-state index is 12.0. The highest BCUT2D eigenvalue weighted by Crippen LogP contribution is 2.53. The van der Waals surface area contributed by atoms with Crippen LogP contribution in [0.4, 0.5) is 0 Å². The van der Waals surface area contributed by atoms with Gasteiger partial charge in [0.2, 0.25) is 5.91 Å². The van der Waals surface area contributed by atoms with Gasteiger partial charge in [-0.2, -0.15) is 0 Å². The number of aliphatic carboxylic acids is 1. The maximum Gasteiger partial charge on any atom is 0.354 e. The third kappa shape index (κ3) is 2.90. The van der Waals surface area contributed by atoms with Gasteiger partial charge in [0.1, 0.15) is 5.37 Å². The van der Waals surface area contributed by atoms with Crippen molar-refractivity contribution in [2.75, 3.05) is 5.75 Å². The van der Waals surface area contributed by atoms with Gasteiger partial charge in [-0.25, -0.2) is 4.79 Å². The average molecular weight is 332 g/mol. The first-order valence-corrected chi connectivity index (χ1v) is 8.20. The topological polar surface area (TPSA) is 110 Å². The molecular formula is C12H16N2O5S2. The first-order chi connectivity index (χ1) is 9.88. The van der Waals surface area contributed by atoms with Crippen molar-refractivity contribution >= 4 is 41.1 Å². The van der Waals surface area contributed by atoms with Crippen molar-refractivity contribution in [2.45, 2.75) is 31.7 Å². The molecular weight excluding hydrogens is 316 g/mol. The van der Waals surface area contributed by atoms with E-state index in [1.54, 1.807) is 6.92 Å². The number of aliphatic hydroxyl groups excluding tert-OH is 1. The Balaban J connectivity index is 2.10. The van der Waals surface area contributed by atoms with Gasteiger partial charge in [0.15, 0.2) is 5.70 Å². The zero-order valence-electron chi connectivity index (χ0n) is 11.5. The summed E-state index contributed by atoms with van der Waals surface area (Å²) in [6.07, 6.45) is -0.272. The van der Waals surface area contributed by atoms with Gasteiger partial charge in [-0.3, -0.25) is 9.69 Å². The second-order valence-electron chi connectivity index (χ2n) is 4.86. The largest absolute Gasteiger partial charge is 0.477 e. The fraction of sp³-hybridized carbons (Fsp3) is 0.583. The Kier molecular flexibility index (Phi) is 4.84. The van der Waals surface area contributed by atoms with Crippen LogP contribution in [0.2, 0.25) is 0 Å². The number of β-lactam (4-membered cyclic amide) rings is 1. The van der Waals surface area contributed by atoms with Crippen LogP contribution in [0, 0.1) is 5.92 Å². The molecule has 2 aliphatic rings. The highest BCUT2D eigenvalue weighted by molar-refractivity contribution is 8.22. The Morgan fingerprint density at radius 1 is 1.57 bits per heavy atom. The molecule has 0 aliphatic carbocycles. The van der Waals surface area contributed by atoms with Gasteiger partial charge in [0.05, 0.1) is 22.0 Å². The molecule has 3 N–H and O–H groups in total. The van der Waals surface area contributed by atoms with Crippen LogP contribution in [0.1, 0.15) is 20.3 Å². The minimum absolute atomic E-state index is 0.00418. The molecule has 0 saturated carbocycles. The lowest BCUT2D eigenvalue weighted by Gasteiger charge is -2.43. The highest BCUT2D eigenvalue weighted by atomic mass is 32.2. The van der Waals surface area contributed by atoms with Gasteiger partial charge < -0.3 is 15.4 Å². The number of carboxylic acids is 1. The van der Waals surface area contributed by atoms with E-state index in [1.165, 1.54) is 35.3 Å². The summed E-state index contributed by atoms with van der Waals surface area (Å²) in [6, 6.07) is 0. The van der Waals surface area contributed by atoms with Crippen molar-refractivity contribution in [1.29, 1.82) is 0 Å². The number of oxime groups is 1. The molecule has 2 aliphatic heterocycles. The number of carbonyl (C=O) groups is 2. The zero-order valence-corrected chi connectivity index (χ0v) is 13.1. The van der Waals surface area contributed by atoms with Crippen LogP contribution in [0.3, 0.4) is 0 Å². The molecule has 2 rings (SSSR count). The average Bonchev–Trinajstić information content (AvgIpc) is 2.72. The highest BCUT2D eigenvalue weighted by Gasteiger charge is 2.57. The first kappa shape index (κ1) is 16.2. The number of aliphatic hydroxyl groups is 1. The van der Waals surface area contributed by atoms with E-state index in [9.17, 15) is 19.8 Å². The number of amides is 1. The zero-order chi connectivity index (χ0) is 15.7. The number of fused-ring (bicyclic) bond motifs is 1. The summed E-state index contributed by atoms with van der Waals surface area (Å²) >= 11 is 2.62. The van der Waals surface area contributed by atoms with Crippen molar-refractivity contribution in [3.8, 4) is 0 Å². The molecule has 3 atom stereocenters. The Hall–Kier alpha value is -1.19. The van der Waals surface area contributed by atoms with Crippen LogP contribution in [-0.4, -0.2) is 55.1 Å². The van der Waals surface area contributed by atoms with E-state index in [2.05, 4.69) is 5.16 Å². The van der Waals surface area contributed by atoms with Crippen molar-refractivity contribution < 1.29 is 25.0 Å². The fourth-order valence-corrected chi connectivity index (χ4v) is 5.24. The number of rotatable bonds is 6. The van der Waals surface area contributed by atoms with Crippen LogP contribution < -0.4 is 0 Å². The summed E-state index contributed by atoms with van der Waals surface area (Å²) < 4.78 is 0.565. The van der Waals surface area contributed by atoms with Gasteiger partial charge in [0, 0.05) is 5.75 Å². The van der Waals surface area contributed by atoms with Gasteiger partial charge in [-0.1, -0.05) is 16.9 Å². The molecule has 0 spiro atoms. The first-order valence-electron chi connectivity index (χ1n) is 6.34. The summed E-state index contributed by atoms with van der Waals surface area (Å²) in [5.74, 6) is -1.48. The van der Waals surface area contributed by atoms with E-state index < -0.39 is 18.0 Å². The fourth-order valence-electron chi connectivity index (χ4n) is 2.19. The van der Waals surface area contributed by atoms with Crippen molar-refractivity contribution in [3.05, 3.63) is 9.93 Å². The van der Waals surface area contributed by atoms with Crippen molar-refractivity contribution in [1.82, 2.24) is 4.90 Å². The van der Waals surface area contributed by atoms with E-state index in [1.807, 2.05) is 0 Å². The molecule has 21 heavy (non-hydrogen) atoms. The standard InChI is InChI=1S/C12H16N2O5S2/c1-5(13-19)3-4-20-12-8(11(17)18)14-9(16)7(6(2)15)10(14)21-12/h6-7,10,15,19H,3-4H2,1-2H3,(H,17,18)/t6?,7-,10+/m0/s1. The molecule has 7 nitrogen and oxygen atoms in total. The smallest absolute Gasteiger partial charge is 0.354 e. The predicted octanol–water partition coefficient (Wildman–Crippen LogP) is 1.13. The van der Waals surface area contributed by atoms with E-state index in [0.29, 0.717) is 22.1 Å². The molecule has 0 aromatic carbocycles. The van der Waals surface area contributed by atoms with E-state index in [0.717, 1.165) is 0 Å². The number of thioether (sulfide) groups is 2. The maximum absolute atomic E-state index is 12.0. The van der Waals surface area contributed by atoms with Crippen LogP contribution in [-0.2, 0) is 9.59 Å². The summed E-state index contributed by atoms with van der Waals surface area (Å²) in [6.45, 7) is 3.21. The van der Waals surface area contributed by atoms with Crippen LogP contribution in [0.25, 0.3) is 0 Å². The van der Waals surface area contributed by atoms with Crippen LogP contribution in [0.15, 0.2) is 15.1 Å². The predicted molar refractivity (Wildman–Crippen MR) is 80.0 cm³/mol. The molecule has 1 unspecified atom stereocenters. The second-order valence-corrected chi connectivity index (χ2v) is 7.35. The number of nitrogens with zero attached hydrogens (tertiary/aromatic N) is 2. The van der Waals surface area contributed by atoms with Crippen molar-refractivity contribution in [3.63, 3.8) is 0 Å². The Labute approximate surface area is 130 Å². The Morgan fingerprint density at radius 2 is 2.24 bits per heavy atom. The van der Waals surface area contributed by atoms with Crippen molar-refractivity contribution in [2.24, 2.45) is 11.1 Å². The van der Waals surface area contributed by atoms with Gasteiger partial charge >= 0.3 is 5.97 Å². The number of carboxylic acid groups (broad SMARTS) is 1. The van der Waals surface area contributed by atoms with Gasteiger partial charge in [-0.05, 0) is 20.3 Å². The van der Waals surface area contributed by atoms with Crippen LogP contribution >= 0.6 is 23.5 Å². The molecule has 9 heteroatoms. The summed E-state index contributed by atoms with van der Waals surface area (Å²) in [4.78, 5) is 24.6. The van der Waals surface area contributed by atoms with Crippen LogP contribution in [0.5, 0.6) is 0 Å². The summed E-state index contributed by atoms with van der Waals surface area (Å²) in [5, 5.41) is 30.2. The molecule has 1 amide bonds. The van der Waals surface area contributed by atoms with Gasteiger partial charge in [-0.15, -0.1) is 11.8 Å². The minimum Gasteiger partial charge on any atom is -0.477 e. The van der Waals surface area contributed by atoms with E-state index in [4.69, 9.17) is 5.21 Å². The SMILES string of the molecule is CC(CCSC1=C(C(=O)O)N2C(=O)[C@H](C(C)O)[C@H]2S1)=NO. The molecule has 0 aromatic rings. The normalized spacial score (nSPS) is 26.7. The molecule has 2 heterocycles. The summed E-state index contributed by atoms with van der Waals surface area (Å²) in [7, 11) is 0. The molecule has 0 radical (unpaired) electrons. The molecule has 116 valence electrons. The lowest BCUT2D eigenvalue weighted by atomic mass is 9.92. The molecule has 0 aromatic heterocycles. The summed E-state index contributed by atoms with van der Waals surface area (Å²) in [5.41, 5.74) is 0.555. The second kappa shape index (κ2) is 6.29. The number of carbonyl (C=O) groups excluding carboxylic acids is 1. The number of hydrogen-bond acceptors (Lipinski definition) is 7. The minimum atomic E-state index is -1.14. The third-order valence-electron chi connectivity index (χ3n) is 3.34. The third-order valence-corrected chi connectivity index (χ3v) is 6.00. The lowest BCUT2D eigenvalue weighted by molar-refractivity contribution is -0.156. The quantitative estimate of drug-likeness (QED) is 0.289. The Morgan fingerprint density at radius 3 is 2.76 bits per heavy atom. The lowest BCUT2D eigenvalue weighted by Crippen LogP contribution is -2.60. The monoisotopic (exact) mass is 332 g/mol. The van der Waals surface area contributed by atoms with Gasteiger partial charge in [0.25, 0.3) is 0 Å². The Bertz CT molecular complexity index is 532. The molecule has 0 bridgehead atoms. The molecule has 1 saturated heterocycles. The number of hydrogen-bond donors (Lipinski definition) is 3. The van der Waals surface area contributed by atoms with E-state index in [-0.39, 0.29) is 17.0 Å².